The first-order chi connectivity index (χ1) is 25.5. The van der Waals surface area contributed by atoms with Crippen molar-refractivity contribution in [1.82, 2.24) is 0 Å². The molecule has 55 heavy (non-hydrogen) atoms. The molecule has 318 valence electrons. The average Bonchev–Trinajstić information content (AvgIpc) is 3.18. The zero-order chi connectivity index (χ0) is 45.2. The van der Waals surface area contributed by atoms with Crippen LogP contribution in [0, 0.1) is 22.7 Å². The normalized spacial score (nSPS) is 13.0. The first-order valence-corrected chi connectivity index (χ1v) is 14.7. The van der Waals surface area contributed by atoms with Gasteiger partial charge in [-0.1, -0.05) is 45.0 Å². The molecular weight excluding hydrogens is 748 g/mol. The second-order valence-electron chi connectivity index (χ2n) is 9.79. The second kappa shape index (κ2) is 42.8. The van der Waals surface area contributed by atoms with E-state index in [1.54, 1.807) is 6.08 Å². The summed E-state index contributed by atoms with van der Waals surface area (Å²) in [5, 5.41) is 123. The lowest BCUT2D eigenvalue weighted by Gasteiger charge is -2.23. The molecule has 0 spiro atoms. The number of carboxylic acids is 7. The molecule has 0 amide bonds. The Hall–Kier alpha value is -5.59. The predicted octanol–water partition coefficient (Wildman–Crippen LogP) is -2.09. The number of aliphatic carboxylic acids is 7. The number of hydrogen-bond acceptors (Lipinski definition) is 15. The molecule has 0 aliphatic heterocycles. The number of carboxylic acid groups (broad SMARTS) is 7. The highest BCUT2D eigenvalue weighted by Crippen LogP contribution is 2.25. The van der Waals surface area contributed by atoms with Crippen LogP contribution in [0.3, 0.4) is 0 Å². The molecule has 0 heterocycles. The van der Waals surface area contributed by atoms with E-state index in [1.807, 2.05) is 0 Å². The monoisotopic (exact) mass is 802 g/mol. The minimum absolute atomic E-state index is 0.406. The SMILES string of the molecule is C=CC(=O)O.C=CC(=O)O.C=CC(=O)O.C=CC(=O)O.C=CC(=O)O.O=C(O)C1C=CCCC1C(=O)O.OCC(CO)(CO)CO.OCC(CO)(CO)CO. The lowest BCUT2D eigenvalue weighted by atomic mass is 9.84. The summed E-state index contributed by atoms with van der Waals surface area (Å²) in [6.45, 7) is 11.6. The van der Waals surface area contributed by atoms with Crippen LogP contribution in [0.4, 0.5) is 0 Å². The maximum Gasteiger partial charge on any atom is 0.327 e. The van der Waals surface area contributed by atoms with Crippen molar-refractivity contribution in [1.29, 1.82) is 0 Å². The van der Waals surface area contributed by atoms with Gasteiger partial charge in [0.2, 0.25) is 0 Å². The van der Waals surface area contributed by atoms with E-state index in [9.17, 15) is 33.6 Å². The fourth-order valence-electron chi connectivity index (χ4n) is 1.96. The van der Waals surface area contributed by atoms with Crippen LogP contribution in [0.1, 0.15) is 12.8 Å². The Morgan fingerprint density at radius 3 is 0.745 bits per heavy atom. The number of allylic oxidation sites excluding steroid dienone is 1. The van der Waals surface area contributed by atoms with Crippen molar-refractivity contribution in [2.45, 2.75) is 12.8 Å². The van der Waals surface area contributed by atoms with E-state index in [-0.39, 0.29) is 0 Å². The summed E-state index contributed by atoms with van der Waals surface area (Å²) in [6.07, 6.45) is 8.42. The number of aliphatic hydroxyl groups excluding tert-OH is 8. The molecule has 0 fully saturated rings. The first kappa shape index (κ1) is 64.4. The van der Waals surface area contributed by atoms with Crippen LogP contribution in [-0.2, 0) is 33.6 Å². The molecule has 0 bridgehead atoms. The Morgan fingerprint density at radius 1 is 0.455 bits per heavy atom. The highest BCUT2D eigenvalue weighted by Gasteiger charge is 2.33. The first-order valence-electron chi connectivity index (χ1n) is 14.7. The van der Waals surface area contributed by atoms with Crippen molar-refractivity contribution in [2.75, 3.05) is 52.9 Å². The van der Waals surface area contributed by atoms with Crippen LogP contribution < -0.4 is 0 Å². The minimum Gasteiger partial charge on any atom is -0.481 e. The summed E-state index contributed by atoms with van der Waals surface area (Å²) in [5.74, 6) is -8.59. The summed E-state index contributed by atoms with van der Waals surface area (Å²) in [7, 11) is 0. The molecule has 0 aromatic rings. The van der Waals surface area contributed by atoms with Gasteiger partial charge in [0.1, 0.15) is 0 Å². The Balaban J connectivity index is -0.0000000986. The van der Waals surface area contributed by atoms with Crippen molar-refractivity contribution in [3.8, 4) is 0 Å². The number of rotatable bonds is 15. The third-order valence-corrected chi connectivity index (χ3v) is 5.58. The summed E-state index contributed by atoms with van der Waals surface area (Å²) >= 11 is 0. The molecule has 22 nitrogen and oxygen atoms in total. The molecule has 0 saturated carbocycles. The van der Waals surface area contributed by atoms with Gasteiger partial charge in [-0.25, -0.2) is 24.0 Å². The maximum absolute atomic E-state index is 10.6. The quantitative estimate of drug-likeness (QED) is 0.0623. The van der Waals surface area contributed by atoms with Gasteiger partial charge in [0, 0.05) is 30.4 Å². The van der Waals surface area contributed by atoms with Gasteiger partial charge in [0.25, 0.3) is 0 Å². The van der Waals surface area contributed by atoms with E-state index < -0.39 is 117 Å². The van der Waals surface area contributed by atoms with Crippen LogP contribution in [0.25, 0.3) is 0 Å². The van der Waals surface area contributed by atoms with Gasteiger partial charge in [-0.05, 0) is 12.8 Å². The molecule has 1 rings (SSSR count). The summed E-state index contributed by atoms with van der Waals surface area (Å²) < 4.78 is 0. The van der Waals surface area contributed by atoms with Crippen molar-refractivity contribution >= 4 is 41.8 Å². The highest BCUT2D eigenvalue weighted by atomic mass is 16.4. The van der Waals surface area contributed by atoms with Gasteiger partial charge >= 0.3 is 41.8 Å². The Morgan fingerprint density at radius 2 is 0.655 bits per heavy atom. The van der Waals surface area contributed by atoms with Gasteiger partial charge < -0.3 is 76.6 Å². The van der Waals surface area contributed by atoms with Gasteiger partial charge in [0.15, 0.2) is 0 Å². The van der Waals surface area contributed by atoms with Crippen LogP contribution in [0.2, 0.25) is 0 Å². The molecule has 15 N–H and O–H groups in total. The molecule has 1 aliphatic carbocycles. The van der Waals surface area contributed by atoms with Crippen LogP contribution in [0.5, 0.6) is 0 Å². The van der Waals surface area contributed by atoms with Crippen molar-refractivity contribution in [3.05, 3.63) is 75.4 Å². The van der Waals surface area contributed by atoms with E-state index >= 15 is 0 Å². The van der Waals surface area contributed by atoms with Crippen LogP contribution >= 0.6 is 0 Å². The van der Waals surface area contributed by atoms with Crippen LogP contribution in [-0.4, -0.2) is 171 Å². The lowest BCUT2D eigenvalue weighted by Crippen LogP contribution is -2.37. The summed E-state index contributed by atoms with van der Waals surface area (Å²) in [5.41, 5.74) is -2.22. The van der Waals surface area contributed by atoms with Gasteiger partial charge in [-0.15, -0.1) is 0 Å². The van der Waals surface area contributed by atoms with E-state index in [4.69, 9.17) is 76.6 Å². The fraction of sp³-hybridized carbons (Fsp3) is 0.424. The molecule has 2 atom stereocenters. The van der Waals surface area contributed by atoms with Crippen molar-refractivity contribution in [3.63, 3.8) is 0 Å². The van der Waals surface area contributed by atoms with Crippen LogP contribution in [0.15, 0.2) is 75.4 Å². The highest BCUT2D eigenvalue weighted by molar-refractivity contribution is 5.82. The summed E-state index contributed by atoms with van der Waals surface area (Å²) in [4.78, 5) is 67.4. The Labute approximate surface area is 315 Å². The third-order valence-electron chi connectivity index (χ3n) is 5.58. The lowest BCUT2D eigenvalue weighted by molar-refractivity contribution is -0.152. The summed E-state index contributed by atoms with van der Waals surface area (Å²) in [6, 6.07) is 0. The zero-order valence-electron chi connectivity index (χ0n) is 29.9. The van der Waals surface area contributed by atoms with E-state index in [2.05, 4.69) is 32.9 Å². The molecule has 2 unspecified atom stereocenters. The van der Waals surface area contributed by atoms with Crippen molar-refractivity contribution < 1.29 is 110 Å². The third kappa shape index (κ3) is 46.4. The molecule has 1 aliphatic rings. The van der Waals surface area contributed by atoms with Gasteiger partial charge in [-0.2, -0.15) is 0 Å². The van der Waals surface area contributed by atoms with Gasteiger partial charge in [0.05, 0.1) is 75.5 Å². The fourth-order valence-corrected chi connectivity index (χ4v) is 1.96. The van der Waals surface area contributed by atoms with E-state index in [0.29, 0.717) is 12.8 Å². The Bertz CT molecular complexity index is 1010. The molecule has 0 aromatic carbocycles. The molecular formula is C33H54O22. The smallest absolute Gasteiger partial charge is 0.327 e. The Kier molecular flexibility index (Phi) is 50.1. The van der Waals surface area contributed by atoms with E-state index in [1.165, 1.54) is 6.08 Å². The molecule has 0 radical (unpaired) electrons. The number of carbonyl (C=O) groups is 7. The topological polar surface area (TPSA) is 423 Å². The van der Waals surface area contributed by atoms with Gasteiger partial charge in [-0.3, -0.25) is 9.59 Å². The molecule has 22 heteroatoms. The maximum atomic E-state index is 10.6. The average molecular weight is 803 g/mol. The molecule has 0 saturated heterocycles. The number of aliphatic hydroxyl groups is 8. The minimum atomic E-state index is -1.11. The van der Waals surface area contributed by atoms with E-state index in [0.717, 1.165) is 30.4 Å². The predicted molar refractivity (Wildman–Crippen MR) is 191 cm³/mol. The molecule has 0 aromatic heterocycles. The zero-order valence-corrected chi connectivity index (χ0v) is 29.9. The number of hydrogen-bond donors (Lipinski definition) is 15. The largest absolute Gasteiger partial charge is 0.481 e. The van der Waals surface area contributed by atoms with Crippen molar-refractivity contribution in [2.24, 2.45) is 22.7 Å². The standard InChI is InChI=1S/C8H10O4.2C5H12O4.5C3H4O2/c9-7(10)5-3-1-2-4-6(5)8(11)12;2*6-1-5(2-7,3-8)4-9;5*1-2-3(4)5/h1,3,5-6H,2,4H2,(H,9,10)(H,11,12);2*6-9H,1-4H2;5*2H,1H2,(H,4,5). The second-order valence-corrected chi connectivity index (χ2v) is 9.79.